The van der Waals surface area contributed by atoms with Crippen LogP contribution in [-0.4, -0.2) is 12.1 Å². The minimum Gasteiger partial charge on any atom is -0.486 e. The van der Waals surface area contributed by atoms with Gasteiger partial charge in [-0.1, -0.05) is 11.3 Å². The van der Waals surface area contributed by atoms with Gasteiger partial charge in [-0.2, -0.15) is 0 Å². The van der Waals surface area contributed by atoms with E-state index < -0.39 is 0 Å². The number of thiazole rings is 1. The Morgan fingerprint density at radius 1 is 1.75 bits per heavy atom. The molecule has 0 N–H and O–H groups in total. The van der Waals surface area contributed by atoms with Crippen LogP contribution in [-0.2, 0) is 0 Å². The summed E-state index contributed by atoms with van der Waals surface area (Å²) in [4.78, 5) is 3.86. The van der Waals surface area contributed by atoms with Crippen LogP contribution >= 0.6 is 11.3 Å². The molecule has 1 aromatic rings. The van der Waals surface area contributed by atoms with Gasteiger partial charge in [0.25, 0.3) is 0 Å². The summed E-state index contributed by atoms with van der Waals surface area (Å²) in [5.41, 5.74) is 3.63. The molecular formula is C5H6NOS. The van der Waals surface area contributed by atoms with Crippen LogP contribution in [0.1, 0.15) is 5.69 Å². The summed E-state index contributed by atoms with van der Waals surface area (Å²) in [5.74, 6) is 0. The first-order valence-electron chi connectivity index (χ1n) is 2.22. The Bertz CT molecular complexity index is 173. The van der Waals surface area contributed by atoms with Crippen molar-refractivity contribution in [2.75, 3.05) is 7.11 Å². The molecule has 0 fully saturated rings. The Hall–Kier alpha value is -0.570. The number of rotatable bonds is 1. The molecule has 2 nitrogen and oxygen atoms in total. The fourth-order valence-corrected chi connectivity index (χ4v) is 0.984. The van der Waals surface area contributed by atoms with Crippen molar-refractivity contribution in [3.8, 4) is 5.06 Å². The zero-order chi connectivity index (χ0) is 5.98. The normalized spacial score (nSPS) is 9.25. The lowest BCUT2D eigenvalue weighted by Crippen LogP contribution is -1.79. The van der Waals surface area contributed by atoms with Gasteiger partial charge < -0.3 is 4.74 Å². The van der Waals surface area contributed by atoms with E-state index in [1.807, 2.05) is 6.92 Å². The fraction of sp³-hybridized carbons (Fsp3) is 0.400. The first-order valence-corrected chi connectivity index (χ1v) is 3.03. The fourth-order valence-electron chi connectivity index (χ4n) is 0.442. The van der Waals surface area contributed by atoms with Crippen LogP contribution in [0.5, 0.6) is 5.06 Å². The van der Waals surface area contributed by atoms with Crippen molar-refractivity contribution in [2.45, 2.75) is 6.92 Å². The molecule has 0 saturated heterocycles. The van der Waals surface area contributed by atoms with E-state index in [4.69, 9.17) is 4.74 Å². The van der Waals surface area contributed by atoms with Gasteiger partial charge in [-0.3, -0.25) is 0 Å². The maximum Gasteiger partial charge on any atom is 0.197 e. The summed E-state index contributed by atoms with van der Waals surface area (Å²) in [6.45, 7) is 1.89. The topological polar surface area (TPSA) is 22.1 Å². The third kappa shape index (κ3) is 0.816. The number of aryl methyl sites for hydroxylation is 1. The van der Waals surface area contributed by atoms with Gasteiger partial charge in [0.2, 0.25) is 0 Å². The second-order valence-electron chi connectivity index (χ2n) is 1.38. The van der Waals surface area contributed by atoms with Gasteiger partial charge in [-0.25, -0.2) is 4.98 Å². The molecule has 0 saturated carbocycles. The zero-order valence-corrected chi connectivity index (χ0v) is 5.58. The van der Waals surface area contributed by atoms with Crippen molar-refractivity contribution in [3.63, 3.8) is 0 Å². The van der Waals surface area contributed by atoms with E-state index in [-0.39, 0.29) is 0 Å². The lowest BCUT2D eigenvalue weighted by atomic mass is 10.6. The van der Waals surface area contributed by atoms with Crippen LogP contribution in [0.15, 0.2) is 0 Å². The van der Waals surface area contributed by atoms with Crippen LogP contribution in [0, 0.1) is 12.4 Å². The summed E-state index contributed by atoms with van der Waals surface area (Å²) in [6, 6.07) is 0. The smallest absolute Gasteiger partial charge is 0.197 e. The van der Waals surface area contributed by atoms with E-state index in [1.54, 1.807) is 7.11 Å². The molecular weight excluding hydrogens is 122 g/mol. The predicted octanol–water partition coefficient (Wildman–Crippen LogP) is 1.26. The number of methoxy groups -OCH3 is 1. The van der Waals surface area contributed by atoms with E-state index in [1.165, 1.54) is 11.3 Å². The summed E-state index contributed by atoms with van der Waals surface area (Å²) in [7, 11) is 1.63. The zero-order valence-electron chi connectivity index (χ0n) is 4.76. The van der Waals surface area contributed by atoms with Crippen molar-refractivity contribution in [2.24, 2.45) is 0 Å². The molecule has 0 unspecified atom stereocenters. The molecule has 1 radical (unpaired) electrons. The van der Waals surface area contributed by atoms with E-state index in [9.17, 15) is 0 Å². The Morgan fingerprint density at radius 2 is 2.50 bits per heavy atom. The molecule has 0 aliphatic rings. The molecule has 3 heteroatoms. The van der Waals surface area contributed by atoms with Crippen molar-refractivity contribution in [1.29, 1.82) is 0 Å². The number of aromatic nitrogens is 1. The summed E-state index contributed by atoms with van der Waals surface area (Å²) >= 11 is 1.39. The minimum absolute atomic E-state index is 0.852. The summed E-state index contributed by atoms with van der Waals surface area (Å²) < 4.78 is 4.91. The van der Waals surface area contributed by atoms with Crippen LogP contribution in [0.25, 0.3) is 0 Å². The Balaban J connectivity index is 2.92. The molecule has 43 valence electrons. The molecule has 1 rings (SSSR count). The molecule has 0 aliphatic carbocycles. The first kappa shape index (κ1) is 5.56. The van der Waals surface area contributed by atoms with Crippen molar-refractivity contribution in [1.82, 2.24) is 4.98 Å². The van der Waals surface area contributed by atoms with E-state index in [0.29, 0.717) is 0 Å². The van der Waals surface area contributed by atoms with Crippen molar-refractivity contribution >= 4 is 11.3 Å². The van der Waals surface area contributed by atoms with Gasteiger partial charge in [-0.05, 0) is 6.92 Å². The molecule has 8 heavy (non-hydrogen) atoms. The lowest BCUT2D eigenvalue weighted by Gasteiger charge is -1.90. The van der Waals surface area contributed by atoms with Crippen molar-refractivity contribution in [3.05, 3.63) is 11.2 Å². The highest BCUT2D eigenvalue weighted by atomic mass is 32.1. The Kier molecular flexibility index (Phi) is 1.48. The lowest BCUT2D eigenvalue weighted by molar-refractivity contribution is 0.423. The van der Waals surface area contributed by atoms with Gasteiger partial charge in [0.1, 0.15) is 0 Å². The second kappa shape index (κ2) is 2.13. The molecule has 0 amide bonds. The van der Waals surface area contributed by atoms with Crippen LogP contribution in [0.3, 0.4) is 0 Å². The average Bonchev–Trinajstić information content (AvgIpc) is 2.14. The molecule has 0 aromatic carbocycles. The summed E-state index contributed by atoms with van der Waals surface area (Å²) in [5, 5.41) is 0.852. The van der Waals surface area contributed by atoms with Gasteiger partial charge in [0.15, 0.2) is 10.6 Å². The minimum atomic E-state index is 0.852. The Labute approximate surface area is 52.1 Å². The first-order chi connectivity index (χ1) is 3.84. The highest BCUT2D eigenvalue weighted by Gasteiger charge is 1.97. The van der Waals surface area contributed by atoms with Gasteiger partial charge in [-0.15, -0.1) is 0 Å². The maximum absolute atomic E-state index is 4.91. The van der Waals surface area contributed by atoms with E-state index >= 15 is 0 Å². The maximum atomic E-state index is 4.91. The molecule has 0 atom stereocenters. The number of hydrogen-bond donors (Lipinski definition) is 0. The third-order valence-electron chi connectivity index (χ3n) is 0.832. The number of hydrogen-bond acceptors (Lipinski definition) is 3. The standard InChI is InChI=1S/C5H6NOS/c1-4-5(7-2)8-3-6-4/h1-2H3. The van der Waals surface area contributed by atoms with Gasteiger partial charge in [0, 0.05) is 0 Å². The summed E-state index contributed by atoms with van der Waals surface area (Å²) in [6.07, 6.45) is 0. The molecule has 0 bridgehead atoms. The average molecular weight is 128 g/mol. The Morgan fingerprint density at radius 3 is 2.75 bits per heavy atom. The second-order valence-corrected chi connectivity index (χ2v) is 2.14. The van der Waals surface area contributed by atoms with Crippen LogP contribution in [0.4, 0.5) is 0 Å². The van der Waals surface area contributed by atoms with E-state index in [2.05, 4.69) is 10.5 Å². The molecule has 0 aliphatic heterocycles. The van der Waals surface area contributed by atoms with Gasteiger partial charge >= 0.3 is 0 Å². The van der Waals surface area contributed by atoms with Gasteiger partial charge in [0.05, 0.1) is 12.8 Å². The highest BCUT2D eigenvalue weighted by molar-refractivity contribution is 7.11. The molecule has 0 spiro atoms. The highest BCUT2D eigenvalue weighted by Crippen LogP contribution is 2.19. The third-order valence-corrected chi connectivity index (χ3v) is 1.66. The van der Waals surface area contributed by atoms with Crippen molar-refractivity contribution < 1.29 is 4.74 Å². The SMILES string of the molecule is COc1s[c]nc1C. The predicted molar refractivity (Wildman–Crippen MR) is 32.2 cm³/mol. The van der Waals surface area contributed by atoms with Crippen LogP contribution in [0.2, 0.25) is 0 Å². The largest absolute Gasteiger partial charge is 0.486 e. The van der Waals surface area contributed by atoms with E-state index in [0.717, 1.165) is 10.8 Å². The quantitative estimate of drug-likeness (QED) is 0.568. The van der Waals surface area contributed by atoms with Crippen LogP contribution < -0.4 is 4.74 Å². The number of ether oxygens (including phenoxy) is 1. The number of nitrogens with zero attached hydrogens (tertiary/aromatic N) is 1. The molecule has 1 aromatic heterocycles. The monoisotopic (exact) mass is 128 g/mol. The molecule has 1 heterocycles.